The summed E-state index contributed by atoms with van der Waals surface area (Å²) < 4.78 is 1.90. The highest BCUT2D eigenvalue weighted by molar-refractivity contribution is 5.68. The molecule has 0 radical (unpaired) electrons. The van der Waals surface area contributed by atoms with Gasteiger partial charge in [-0.15, -0.1) is 0 Å². The lowest BCUT2D eigenvalue weighted by molar-refractivity contribution is 0.403. The van der Waals surface area contributed by atoms with Gasteiger partial charge in [-0.05, 0) is 24.8 Å². The van der Waals surface area contributed by atoms with Crippen molar-refractivity contribution >= 4 is 11.3 Å². The van der Waals surface area contributed by atoms with Crippen LogP contribution in [0.1, 0.15) is 51.1 Å². The Morgan fingerprint density at radius 3 is 2.90 bits per heavy atom. The van der Waals surface area contributed by atoms with Crippen LogP contribution in [-0.2, 0) is 0 Å². The summed E-state index contributed by atoms with van der Waals surface area (Å²) in [5.41, 5.74) is 8.34. The van der Waals surface area contributed by atoms with E-state index in [1.54, 1.807) is 6.20 Å². The van der Waals surface area contributed by atoms with E-state index in [9.17, 15) is 0 Å². The standard InChI is InChI=1S/C15H23N5/c1-10(2)13-9-14-15(17-7-8-20(14)19-13)18-12-6-4-3-5-11(12)16/h7-12H,3-6,16H2,1-2H3,(H,17,18). The third-order valence-electron chi connectivity index (χ3n) is 4.14. The van der Waals surface area contributed by atoms with Crippen molar-refractivity contribution in [2.75, 3.05) is 5.32 Å². The molecule has 0 aromatic carbocycles. The van der Waals surface area contributed by atoms with E-state index in [1.165, 1.54) is 12.8 Å². The summed E-state index contributed by atoms with van der Waals surface area (Å²) >= 11 is 0. The second-order valence-corrected chi connectivity index (χ2v) is 6.03. The Balaban J connectivity index is 1.90. The van der Waals surface area contributed by atoms with E-state index >= 15 is 0 Å². The zero-order chi connectivity index (χ0) is 14.1. The van der Waals surface area contributed by atoms with Gasteiger partial charge >= 0.3 is 0 Å². The highest BCUT2D eigenvalue weighted by Crippen LogP contribution is 2.24. The molecule has 20 heavy (non-hydrogen) atoms. The van der Waals surface area contributed by atoms with Gasteiger partial charge in [0.05, 0.1) is 5.69 Å². The van der Waals surface area contributed by atoms with Crippen LogP contribution in [0.4, 0.5) is 5.82 Å². The van der Waals surface area contributed by atoms with Gasteiger partial charge in [0, 0.05) is 24.5 Å². The first-order chi connectivity index (χ1) is 9.65. The van der Waals surface area contributed by atoms with Gasteiger partial charge in [-0.2, -0.15) is 5.10 Å². The summed E-state index contributed by atoms with van der Waals surface area (Å²) in [7, 11) is 0. The fraction of sp³-hybridized carbons (Fsp3) is 0.600. The molecular weight excluding hydrogens is 250 g/mol. The van der Waals surface area contributed by atoms with Crippen molar-refractivity contribution in [1.29, 1.82) is 0 Å². The van der Waals surface area contributed by atoms with Crippen LogP contribution < -0.4 is 11.1 Å². The van der Waals surface area contributed by atoms with E-state index in [-0.39, 0.29) is 6.04 Å². The van der Waals surface area contributed by atoms with E-state index in [1.807, 2.05) is 10.7 Å². The summed E-state index contributed by atoms with van der Waals surface area (Å²) in [5, 5.41) is 8.12. The summed E-state index contributed by atoms with van der Waals surface area (Å²) in [4.78, 5) is 4.48. The fourth-order valence-corrected chi connectivity index (χ4v) is 2.85. The van der Waals surface area contributed by atoms with Gasteiger partial charge in [0.15, 0.2) is 5.82 Å². The Morgan fingerprint density at radius 2 is 2.15 bits per heavy atom. The quantitative estimate of drug-likeness (QED) is 0.901. The van der Waals surface area contributed by atoms with Crippen LogP contribution >= 0.6 is 0 Å². The van der Waals surface area contributed by atoms with Gasteiger partial charge in [-0.1, -0.05) is 26.7 Å². The zero-order valence-electron chi connectivity index (χ0n) is 12.2. The minimum Gasteiger partial charge on any atom is -0.364 e. The summed E-state index contributed by atoms with van der Waals surface area (Å²) in [5.74, 6) is 1.31. The molecule has 1 saturated carbocycles. The van der Waals surface area contributed by atoms with E-state index in [0.29, 0.717) is 12.0 Å². The van der Waals surface area contributed by atoms with Gasteiger partial charge in [0.25, 0.3) is 0 Å². The minimum atomic E-state index is 0.221. The van der Waals surface area contributed by atoms with E-state index in [4.69, 9.17) is 5.73 Å². The minimum absolute atomic E-state index is 0.221. The lowest BCUT2D eigenvalue weighted by Gasteiger charge is -2.29. The molecule has 2 heterocycles. The first-order valence-corrected chi connectivity index (χ1v) is 7.51. The van der Waals surface area contributed by atoms with Crippen molar-refractivity contribution in [3.63, 3.8) is 0 Å². The maximum Gasteiger partial charge on any atom is 0.152 e. The van der Waals surface area contributed by atoms with Crippen LogP contribution in [0.3, 0.4) is 0 Å². The Hall–Kier alpha value is -1.62. The molecule has 2 atom stereocenters. The van der Waals surface area contributed by atoms with Crippen LogP contribution in [0.2, 0.25) is 0 Å². The number of anilines is 1. The van der Waals surface area contributed by atoms with Crippen LogP contribution in [0.15, 0.2) is 18.5 Å². The molecule has 5 nitrogen and oxygen atoms in total. The van der Waals surface area contributed by atoms with E-state index < -0.39 is 0 Å². The molecule has 2 unspecified atom stereocenters. The molecule has 3 rings (SSSR count). The fourth-order valence-electron chi connectivity index (χ4n) is 2.85. The van der Waals surface area contributed by atoms with E-state index in [0.717, 1.165) is 29.9 Å². The number of rotatable bonds is 3. The Morgan fingerprint density at radius 1 is 1.35 bits per heavy atom. The van der Waals surface area contributed by atoms with Crippen molar-refractivity contribution < 1.29 is 0 Å². The Bertz CT molecular complexity index is 589. The predicted octanol–water partition coefficient (Wildman–Crippen LogP) is 2.53. The molecule has 3 N–H and O–H groups in total. The molecule has 2 aromatic rings. The molecule has 0 amide bonds. The summed E-state index contributed by atoms with van der Waals surface area (Å²) in [6.45, 7) is 4.30. The second kappa shape index (κ2) is 5.40. The SMILES string of the molecule is CC(C)c1cc2c(NC3CCCCC3N)nccn2n1. The van der Waals surface area contributed by atoms with Crippen LogP contribution in [0.5, 0.6) is 0 Å². The topological polar surface area (TPSA) is 68.2 Å². The molecule has 0 aliphatic heterocycles. The van der Waals surface area contributed by atoms with Crippen LogP contribution in [0.25, 0.3) is 5.52 Å². The van der Waals surface area contributed by atoms with Crippen molar-refractivity contribution in [1.82, 2.24) is 14.6 Å². The number of aromatic nitrogens is 3. The van der Waals surface area contributed by atoms with Gasteiger partial charge in [-0.3, -0.25) is 0 Å². The number of nitrogens with zero attached hydrogens (tertiary/aromatic N) is 3. The number of hydrogen-bond acceptors (Lipinski definition) is 4. The normalized spacial score (nSPS) is 23.4. The highest BCUT2D eigenvalue weighted by Gasteiger charge is 2.22. The van der Waals surface area contributed by atoms with Crippen molar-refractivity contribution in [2.24, 2.45) is 5.73 Å². The number of fused-ring (bicyclic) bond motifs is 1. The molecule has 0 spiro atoms. The maximum absolute atomic E-state index is 6.21. The van der Waals surface area contributed by atoms with Gasteiger partial charge in [0.1, 0.15) is 5.52 Å². The lowest BCUT2D eigenvalue weighted by Crippen LogP contribution is -2.42. The van der Waals surface area contributed by atoms with Gasteiger partial charge in [-0.25, -0.2) is 9.50 Å². The van der Waals surface area contributed by atoms with Crippen molar-refractivity contribution in [3.05, 3.63) is 24.2 Å². The van der Waals surface area contributed by atoms with Crippen molar-refractivity contribution in [3.8, 4) is 0 Å². The predicted molar refractivity (Wildman–Crippen MR) is 80.9 cm³/mol. The Labute approximate surface area is 119 Å². The van der Waals surface area contributed by atoms with E-state index in [2.05, 4.69) is 35.3 Å². The number of nitrogens with one attached hydrogen (secondary N) is 1. The Kier molecular flexibility index (Phi) is 3.61. The summed E-state index contributed by atoms with van der Waals surface area (Å²) in [6, 6.07) is 2.66. The molecule has 108 valence electrons. The molecule has 1 aliphatic rings. The molecule has 5 heteroatoms. The molecule has 1 fully saturated rings. The lowest BCUT2D eigenvalue weighted by atomic mass is 9.91. The first kappa shape index (κ1) is 13.4. The summed E-state index contributed by atoms with van der Waals surface area (Å²) in [6.07, 6.45) is 8.38. The maximum atomic E-state index is 6.21. The zero-order valence-corrected chi connectivity index (χ0v) is 12.2. The number of hydrogen-bond donors (Lipinski definition) is 2. The van der Waals surface area contributed by atoms with Gasteiger partial charge in [0.2, 0.25) is 0 Å². The highest BCUT2D eigenvalue weighted by atomic mass is 15.2. The third-order valence-corrected chi connectivity index (χ3v) is 4.14. The molecule has 2 aromatic heterocycles. The second-order valence-electron chi connectivity index (χ2n) is 6.03. The van der Waals surface area contributed by atoms with Gasteiger partial charge < -0.3 is 11.1 Å². The monoisotopic (exact) mass is 273 g/mol. The largest absolute Gasteiger partial charge is 0.364 e. The number of nitrogens with two attached hydrogens (primary N) is 1. The molecular formula is C15H23N5. The van der Waals surface area contributed by atoms with Crippen LogP contribution in [-0.4, -0.2) is 26.7 Å². The average molecular weight is 273 g/mol. The molecule has 0 saturated heterocycles. The first-order valence-electron chi connectivity index (χ1n) is 7.51. The molecule has 1 aliphatic carbocycles. The van der Waals surface area contributed by atoms with Crippen molar-refractivity contribution in [2.45, 2.75) is 57.5 Å². The van der Waals surface area contributed by atoms with Crippen LogP contribution in [0, 0.1) is 0 Å². The molecule has 0 bridgehead atoms. The average Bonchev–Trinajstić information content (AvgIpc) is 2.86. The smallest absolute Gasteiger partial charge is 0.152 e. The third kappa shape index (κ3) is 2.50.